The normalized spacial score (nSPS) is 13.5. The van der Waals surface area contributed by atoms with Gasteiger partial charge in [0, 0.05) is 38.4 Å². The van der Waals surface area contributed by atoms with Gasteiger partial charge in [0.25, 0.3) is 0 Å². The standard InChI is InChI=1S/C29H36FN9O3/c1-38-28-24(18-35-38)27(33-19-34-28)37-25(29(40)41)9-12-39(13-14-42-23-15-21(30)16-31-17-23)11-3-2-6-22-8-7-20-5-4-10-32-26(20)36-22/h7-8,15-19,25H,2-6,9-14H2,1H3,(H,32,36)(H,40,41)(H,33,34,37)/t25-/m0/s1. The van der Waals surface area contributed by atoms with Gasteiger partial charge in [0.2, 0.25) is 0 Å². The first-order valence-electron chi connectivity index (χ1n) is 14.3. The van der Waals surface area contributed by atoms with Gasteiger partial charge in [0.1, 0.15) is 42.2 Å². The van der Waals surface area contributed by atoms with Crippen LogP contribution < -0.4 is 15.4 Å². The summed E-state index contributed by atoms with van der Waals surface area (Å²) in [5.41, 5.74) is 2.96. The summed E-state index contributed by atoms with van der Waals surface area (Å²) in [6, 6.07) is 4.71. The van der Waals surface area contributed by atoms with Gasteiger partial charge in [0.05, 0.1) is 24.0 Å². The lowest BCUT2D eigenvalue weighted by molar-refractivity contribution is -0.138. The Bertz CT molecular complexity index is 1500. The summed E-state index contributed by atoms with van der Waals surface area (Å²) in [5, 5.41) is 21.3. The number of aliphatic carboxylic acids is 1. The molecule has 42 heavy (non-hydrogen) atoms. The highest BCUT2D eigenvalue weighted by Crippen LogP contribution is 2.21. The molecule has 0 aromatic carbocycles. The number of rotatable bonds is 15. The number of carboxylic acids is 1. The molecule has 0 amide bonds. The topological polar surface area (TPSA) is 143 Å². The van der Waals surface area contributed by atoms with E-state index in [1.165, 1.54) is 24.2 Å². The number of aromatic nitrogens is 6. The minimum atomic E-state index is -0.972. The SMILES string of the molecule is Cn1ncc2c(N[C@@H](CCN(CCCCc3ccc4c(n3)NCCC4)CCOc3cncc(F)c3)C(=O)O)ncnc21. The van der Waals surface area contributed by atoms with Crippen LogP contribution in [0.3, 0.4) is 0 Å². The number of carboxylic acid groups (broad SMARTS) is 1. The van der Waals surface area contributed by atoms with Crippen molar-refractivity contribution >= 4 is 28.6 Å². The lowest BCUT2D eigenvalue weighted by Crippen LogP contribution is -2.37. The number of aryl methyl sites for hydroxylation is 3. The Morgan fingerprint density at radius 3 is 2.98 bits per heavy atom. The maximum atomic E-state index is 13.5. The molecule has 4 aromatic heterocycles. The average Bonchev–Trinajstić information content (AvgIpc) is 3.38. The van der Waals surface area contributed by atoms with Crippen molar-refractivity contribution in [2.75, 3.05) is 43.4 Å². The van der Waals surface area contributed by atoms with Gasteiger partial charge in [0.15, 0.2) is 5.65 Å². The maximum Gasteiger partial charge on any atom is 0.326 e. The third-order valence-electron chi connectivity index (χ3n) is 7.34. The number of hydrogen-bond acceptors (Lipinski definition) is 10. The van der Waals surface area contributed by atoms with Crippen molar-refractivity contribution in [1.82, 2.24) is 34.6 Å². The number of anilines is 2. The van der Waals surface area contributed by atoms with E-state index in [1.807, 2.05) is 0 Å². The second-order valence-electron chi connectivity index (χ2n) is 10.4. The van der Waals surface area contributed by atoms with Gasteiger partial charge in [-0.05, 0) is 56.7 Å². The van der Waals surface area contributed by atoms with Crippen molar-refractivity contribution < 1.29 is 19.0 Å². The van der Waals surface area contributed by atoms with Crippen molar-refractivity contribution in [1.29, 1.82) is 0 Å². The van der Waals surface area contributed by atoms with Crippen LogP contribution in [0.2, 0.25) is 0 Å². The molecule has 13 heteroatoms. The van der Waals surface area contributed by atoms with E-state index >= 15 is 0 Å². The Morgan fingerprint density at radius 1 is 1.21 bits per heavy atom. The molecule has 1 atom stereocenters. The zero-order valence-electron chi connectivity index (χ0n) is 23.7. The predicted molar refractivity (Wildman–Crippen MR) is 156 cm³/mol. The van der Waals surface area contributed by atoms with Crippen molar-refractivity contribution in [3.8, 4) is 5.75 Å². The molecule has 4 aromatic rings. The van der Waals surface area contributed by atoms with Gasteiger partial charge in [-0.2, -0.15) is 5.10 Å². The summed E-state index contributed by atoms with van der Waals surface area (Å²) in [6.07, 6.45) is 10.9. The lowest BCUT2D eigenvalue weighted by Gasteiger charge is -2.24. The van der Waals surface area contributed by atoms with Crippen LogP contribution in [0.4, 0.5) is 16.0 Å². The highest BCUT2D eigenvalue weighted by Gasteiger charge is 2.21. The number of fused-ring (bicyclic) bond motifs is 2. The second kappa shape index (κ2) is 14.0. The van der Waals surface area contributed by atoms with Crippen molar-refractivity contribution in [3.05, 3.63) is 60.2 Å². The van der Waals surface area contributed by atoms with Crippen LogP contribution in [-0.4, -0.2) is 84.5 Å². The smallest absolute Gasteiger partial charge is 0.326 e. The number of pyridine rings is 2. The van der Waals surface area contributed by atoms with E-state index in [-0.39, 0.29) is 0 Å². The molecule has 3 N–H and O–H groups in total. The number of halogens is 1. The van der Waals surface area contributed by atoms with E-state index in [9.17, 15) is 14.3 Å². The molecule has 0 fully saturated rings. The molecule has 222 valence electrons. The van der Waals surface area contributed by atoms with E-state index in [4.69, 9.17) is 9.72 Å². The second-order valence-corrected chi connectivity index (χ2v) is 10.4. The van der Waals surface area contributed by atoms with Crippen LogP contribution in [0.15, 0.2) is 43.1 Å². The van der Waals surface area contributed by atoms with Gasteiger partial charge in [-0.3, -0.25) is 14.6 Å². The zero-order chi connectivity index (χ0) is 29.3. The summed E-state index contributed by atoms with van der Waals surface area (Å²) in [7, 11) is 1.77. The van der Waals surface area contributed by atoms with Gasteiger partial charge >= 0.3 is 5.97 Å². The van der Waals surface area contributed by atoms with Gasteiger partial charge < -0.3 is 20.5 Å². The first kappa shape index (κ1) is 29.1. The minimum absolute atomic E-state index is 0.316. The van der Waals surface area contributed by atoms with Crippen LogP contribution in [0.1, 0.15) is 36.9 Å². The fourth-order valence-corrected chi connectivity index (χ4v) is 5.06. The van der Waals surface area contributed by atoms with Gasteiger partial charge in [-0.15, -0.1) is 0 Å². The van der Waals surface area contributed by atoms with Gasteiger partial charge in [-0.25, -0.2) is 24.1 Å². The molecule has 5 rings (SSSR count). The van der Waals surface area contributed by atoms with Gasteiger partial charge in [-0.1, -0.05) is 6.07 Å². The Hall–Kier alpha value is -4.39. The third kappa shape index (κ3) is 7.66. The van der Waals surface area contributed by atoms with E-state index in [0.717, 1.165) is 62.9 Å². The lowest BCUT2D eigenvalue weighted by atomic mass is 10.1. The molecule has 1 aliphatic heterocycles. The van der Waals surface area contributed by atoms with Crippen LogP contribution >= 0.6 is 0 Å². The summed E-state index contributed by atoms with van der Waals surface area (Å²) in [5.74, 6) is 0.360. The zero-order valence-corrected chi connectivity index (χ0v) is 23.7. The minimum Gasteiger partial charge on any atom is -0.491 e. The molecule has 1 aliphatic rings. The highest BCUT2D eigenvalue weighted by atomic mass is 19.1. The molecular weight excluding hydrogens is 541 g/mol. The fourth-order valence-electron chi connectivity index (χ4n) is 5.06. The van der Waals surface area contributed by atoms with E-state index in [0.29, 0.717) is 48.7 Å². The summed E-state index contributed by atoms with van der Waals surface area (Å²) in [6.45, 7) is 3.08. The van der Waals surface area contributed by atoms with Crippen molar-refractivity contribution in [2.24, 2.45) is 7.05 Å². The van der Waals surface area contributed by atoms with E-state index in [1.54, 1.807) is 17.9 Å². The monoisotopic (exact) mass is 577 g/mol. The predicted octanol–water partition coefficient (Wildman–Crippen LogP) is 3.31. The molecule has 0 saturated carbocycles. The first-order chi connectivity index (χ1) is 20.5. The summed E-state index contributed by atoms with van der Waals surface area (Å²) < 4.78 is 20.9. The number of ether oxygens (including phenoxy) is 1. The molecule has 12 nitrogen and oxygen atoms in total. The number of hydrogen-bond donors (Lipinski definition) is 3. The quantitative estimate of drug-likeness (QED) is 0.179. The Labute approximate surface area is 243 Å². The van der Waals surface area contributed by atoms with Crippen LogP contribution in [0, 0.1) is 5.82 Å². The first-order valence-corrected chi connectivity index (χ1v) is 14.3. The summed E-state index contributed by atoms with van der Waals surface area (Å²) in [4.78, 5) is 31.5. The molecule has 0 radical (unpaired) electrons. The molecule has 0 bridgehead atoms. The number of nitrogens with one attached hydrogen (secondary N) is 2. The third-order valence-corrected chi connectivity index (χ3v) is 7.34. The van der Waals surface area contributed by atoms with E-state index < -0.39 is 17.8 Å². The molecule has 0 aliphatic carbocycles. The van der Waals surface area contributed by atoms with Crippen LogP contribution in [-0.2, 0) is 24.7 Å². The van der Waals surface area contributed by atoms with E-state index in [2.05, 4.69) is 47.7 Å². The molecular formula is C29H36FN9O3. The van der Waals surface area contributed by atoms with Crippen molar-refractivity contribution in [3.63, 3.8) is 0 Å². The van der Waals surface area contributed by atoms with Crippen LogP contribution in [0.25, 0.3) is 11.0 Å². The molecule has 0 spiro atoms. The maximum absolute atomic E-state index is 13.5. The average molecular weight is 578 g/mol. The summed E-state index contributed by atoms with van der Waals surface area (Å²) >= 11 is 0. The number of carbonyl (C=O) groups is 1. The fraction of sp³-hybridized carbons (Fsp3) is 0.448. The largest absolute Gasteiger partial charge is 0.491 e. The highest BCUT2D eigenvalue weighted by molar-refractivity contribution is 5.88. The Morgan fingerprint density at radius 2 is 2.12 bits per heavy atom. The Kier molecular flexibility index (Phi) is 9.70. The number of nitrogens with zero attached hydrogens (tertiary/aromatic N) is 7. The van der Waals surface area contributed by atoms with Crippen molar-refractivity contribution in [2.45, 2.75) is 44.6 Å². The molecule has 0 saturated heterocycles. The number of unbranched alkanes of at least 4 members (excludes halogenated alkanes) is 1. The Balaban J connectivity index is 1.18. The molecule has 0 unspecified atom stereocenters. The van der Waals surface area contributed by atoms with Crippen LogP contribution in [0.5, 0.6) is 5.75 Å². The molecule has 5 heterocycles.